The number of hydrogen-bond acceptors (Lipinski definition) is 3. The van der Waals surface area contributed by atoms with Gasteiger partial charge in [0.25, 0.3) is 0 Å². The van der Waals surface area contributed by atoms with E-state index in [2.05, 4.69) is 36.2 Å². The van der Waals surface area contributed by atoms with Gasteiger partial charge < -0.3 is 4.90 Å². The molecule has 1 amide bonds. The standard InChI is InChI=1S/C17H26N2OS/c1-3-7-14-17(20)19(13-8-5-4-6-9-13)16(18-14)15-11-10-12(2)21-15/h10-11,13-14,16,18H,3-9H2,1-2H3. The van der Waals surface area contributed by atoms with Crippen molar-refractivity contribution in [3.63, 3.8) is 0 Å². The van der Waals surface area contributed by atoms with Gasteiger partial charge >= 0.3 is 0 Å². The van der Waals surface area contributed by atoms with Crippen molar-refractivity contribution < 1.29 is 4.79 Å². The van der Waals surface area contributed by atoms with Crippen LogP contribution < -0.4 is 5.32 Å². The molecule has 2 unspecified atom stereocenters. The molecule has 1 aliphatic carbocycles. The van der Waals surface area contributed by atoms with Gasteiger partial charge in [-0.1, -0.05) is 32.6 Å². The van der Waals surface area contributed by atoms with E-state index in [-0.39, 0.29) is 12.2 Å². The second-order valence-electron chi connectivity index (χ2n) is 6.40. The second kappa shape index (κ2) is 6.49. The zero-order valence-electron chi connectivity index (χ0n) is 13.1. The molecule has 2 fully saturated rings. The molecule has 2 atom stereocenters. The minimum Gasteiger partial charge on any atom is -0.318 e. The van der Waals surface area contributed by atoms with Crippen LogP contribution in [0.25, 0.3) is 0 Å². The Morgan fingerprint density at radius 3 is 2.67 bits per heavy atom. The molecule has 0 bridgehead atoms. The molecule has 0 aromatic carbocycles. The molecule has 116 valence electrons. The molecule has 4 heteroatoms. The minimum atomic E-state index is 0.0179. The van der Waals surface area contributed by atoms with E-state index in [1.165, 1.54) is 41.9 Å². The molecule has 1 saturated carbocycles. The van der Waals surface area contributed by atoms with Gasteiger partial charge in [-0.3, -0.25) is 10.1 Å². The Morgan fingerprint density at radius 1 is 1.29 bits per heavy atom. The molecule has 1 aromatic rings. The van der Waals surface area contributed by atoms with Crippen LogP contribution >= 0.6 is 11.3 Å². The third kappa shape index (κ3) is 3.02. The molecule has 1 N–H and O–H groups in total. The number of nitrogens with one attached hydrogen (secondary N) is 1. The fraction of sp³-hybridized carbons (Fsp3) is 0.706. The molecule has 0 radical (unpaired) electrons. The highest BCUT2D eigenvalue weighted by molar-refractivity contribution is 7.12. The molecule has 3 nitrogen and oxygen atoms in total. The molecule has 1 aromatic heterocycles. The summed E-state index contributed by atoms with van der Waals surface area (Å²) in [5.74, 6) is 0.333. The van der Waals surface area contributed by atoms with Crippen LogP contribution in [-0.2, 0) is 4.79 Å². The van der Waals surface area contributed by atoms with Crippen molar-refractivity contribution in [2.75, 3.05) is 0 Å². The maximum absolute atomic E-state index is 12.9. The molecule has 21 heavy (non-hydrogen) atoms. The summed E-state index contributed by atoms with van der Waals surface area (Å²) in [6, 6.07) is 4.81. The van der Waals surface area contributed by atoms with E-state index in [4.69, 9.17) is 0 Å². The van der Waals surface area contributed by atoms with Crippen molar-refractivity contribution >= 4 is 17.2 Å². The SMILES string of the molecule is CCCC1NC(c2ccc(C)s2)N(C2CCCCC2)C1=O. The van der Waals surface area contributed by atoms with E-state index in [0.29, 0.717) is 11.9 Å². The highest BCUT2D eigenvalue weighted by Crippen LogP contribution is 2.36. The van der Waals surface area contributed by atoms with Gasteiger partial charge in [0, 0.05) is 15.8 Å². The quantitative estimate of drug-likeness (QED) is 0.912. The van der Waals surface area contributed by atoms with Crippen LogP contribution in [-0.4, -0.2) is 22.9 Å². The number of rotatable bonds is 4. The maximum Gasteiger partial charge on any atom is 0.241 e. The van der Waals surface area contributed by atoms with Crippen molar-refractivity contribution in [1.82, 2.24) is 10.2 Å². The van der Waals surface area contributed by atoms with E-state index in [0.717, 1.165) is 12.8 Å². The lowest BCUT2D eigenvalue weighted by Crippen LogP contribution is -2.41. The van der Waals surface area contributed by atoms with Crippen molar-refractivity contribution in [3.8, 4) is 0 Å². The smallest absolute Gasteiger partial charge is 0.241 e. The summed E-state index contributed by atoms with van der Waals surface area (Å²) in [6.07, 6.45) is 8.32. The summed E-state index contributed by atoms with van der Waals surface area (Å²) in [7, 11) is 0. The average Bonchev–Trinajstić information content (AvgIpc) is 3.05. The Labute approximate surface area is 131 Å². The van der Waals surface area contributed by atoms with Gasteiger partial charge in [0.1, 0.15) is 6.17 Å². The van der Waals surface area contributed by atoms with Crippen LogP contribution in [0.2, 0.25) is 0 Å². The number of aryl methyl sites for hydroxylation is 1. The molecule has 0 spiro atoms. The first kappa shape index (κ1) is 15.0. The summed E-state index contributed by atoms with van der Waals surface area (Å²) in [5.41, 5.74) is 0. The average molecular weight is 306 g/mol. The molecule has 1 saturated heterocycles. The van der Waals surface area contributed by atoms with Crippen LogP contribution in [0, 0.1) is 6.92 Å². The first-order valence-corrected chi connectivity index (χ1v) is 9.17. The van der Waals surface area contributed by atoms with Crippen LogP contribution in [0.3, 0.4) is 0 Å². The fourth-order valence-corrected chi connectivity index (χ4v) is 4.65. The van der Waals surface area contributed by atoms with E-state index in [9.17, 15) is 4.79 Å². The van der Waals surface area contributed by atoms with Crippen LogP contribution in [0.5, 0.6) is 0 Å². The van der Waals surface area contributed by atoms with Gasteiger partial charge in [-0.25, -0.2) is 0 Å². The van der Waals surface area contributed by atoms with Gasteiger partial charge in [0.2, 0.25) is 5.91 Å². The van der Waals surface area contributed by atoms with Crippen molar-refractivity contribution in [2.24, 2.45) is 0 Å². The molecule has 3 rings (SSSR count). The molecular formula is C17H26N2OS. The van der Waals surface area contributed by atoms with E-state index in [1.54, 1.807) is 0 Å². The maximum atomic E-state index is 12.9. The highest BCUT2D eigenvalue weighted by Gasteiger charge is 2.43. The predicted molar refractivity (Wildman–Crippen MR) is 87.3 cm³/mol. The summed E-state index contributed by atoms with van der Waals surface area (Å²) in [4.78, 5) is 17.7. The van der Waals surface area contributed by atoms with Gasteiger partial charge in [-0.2, -0.15) is 0 Å². The summed E-state index contributed by atoms with van der Waals surface area (Å²) < 4.78 is 0. The molecule has 2 heterocycles. The predicted octanol–water partition coefficient (Wildman–Crippen LogP) is 3.99. The third-order valence-electron chi connectivity index (χ3n) is 4.77. The number of nitrogens with zero attached hydrogens (tertiary/aromatic N) is 1. The third-order valence-corrected chi connectivity index (χ3v) is 5.82. The fourth-order valence-electron chi connectivity index (χ4n) is 3.71. The van der Waals surface area contributed by atoms with Gasteiger partial charge in [0.15, 0.2) is 0 Å². The number of hydrogen-bond donors (Lipinski definition) is 1. The first-order chi connectivity index (χ1) is 10.2. The molecule has 2 aliphatic rings. The van der Waals surface area contributed by atoms with Crippen molar-refractivity contribution in [2.45, 2.75) is 77.0 Å². The van der Waals surface area contributed by atoms with Crippen molar-refractivity contribution in [3.05, 3.63) is 21.9 Å². The minimum absolute atomic E-state index is 0.0179. The van der Waals surface area contributed by atoms with E-state index in [1.807, 2.05) is 11.3 Å². The zero-order valence-corrected chi connectivity index (χ0v) is 13.9. The van der Waals surface area contributed by atoms with Gasteiger partial charge in [-0.15, -0.1) is 11.3 Å². The first-order valence-electron chi connectivity index (χ1n) is 8.35. The summed E-state index contributed by atoms with van der Waals surface area (Å²) in [5, 5.41) is 3.61. The number of amides is 1. The lowest BCUT2D eigenvalue weighted by molar-refractivity contribution is -0.133. The van der Waals surface area contributed by atoms with Crippen molar-refractivity contribution in [1.29, 1.82) is 0 Å². The normalized spacial score (nSPS) is 27.5. The molecular weight excluding hydrogens is 280 g/mol. The highest BCUT2D eigenvalue weighted by atomic mass is 32.1. The van der Waals surface area contributed by atoms with Gasteiger partial charge in [0.05, 0.1) is 6.04 Å². The van der Waals surface area contributed by atoms with E-state index < -0.39 is 0 Å². The van der Waals surface area contributed by atoms with Crippen LogP contribution in [0.4, 0.5) is 0 Å². The Morgan fingerprint density at radius 2 is 2.05 bits per heavy atom. The molecule has 1 aliphatic heterocycles. The Bertz CT molecular complexity index is 493. The topological polar surface area (TPSA) is 32.3 Å². The Hall–Kier alpha value is -0.870. The van der Waals surface area contributed by atoms with E-state index >= 15 is 0 Å². The van der Waals surface area contributed by atoms with Crippen LogP contribution in [0.15, 0.2) is 12.1 Å². The Balaban J connectivity index is 1.85. The van der Waals surface area contributed by atoms with Crippen LogP contribution in [0.1, 0.15) is 67.8 Å². The zero-order chi connectivity index (χ0) is 14.8. The van der Waals surface area contributed by atoms with Gasteiger partial charge in [-0.05, 0) is 38.3 Å². The largest absolute Gasteiger partial charge is 0.318 e. The summed E-state index contributed by atoms with van der Waals surface area (Å²) in [6.45, 7) is 4.29. The number of thiophene rings is 1. The monoisotopic (exact) mass is 306 g/mol. The number of carbonyl (C=O) groups is 1. The second-order valence-corrected chi connectivity index (χ2v) is 7.72. The number of carbonyl (C=O) groups excluding carboxylic acids is 1. The Kier molecular flexibility index (Phi) is 4.65. The lowest BCUT2D eigenvalue weighted by atomic mass is 9.93. The lowest BCUT2D eigenvalue weighted by Gasteiger charge is -2.34. The summed E-state index contributed by atoms with van der Waals surface area (Å²) >= 11 is 1.82.